The minimum absolute atomic E-state index is 0.0707. The summed E-state index contributed by atoms with van der Waals surface area (Å²) in [7, 11) is 0. The van der Waals surface area contributed by atoms with Crippen molar-refractivity contribution in [2.24, 2.45) is 0 Å². The number of nitrogens with one attached hydrogen (secondary N) is 2. The summed E-state index contributed by atoms with van der Waals surface area (Å²) in [5.41, 5.74) is 12.1. The van der Waals surface area contributed by atoms with Crippen molar-refractivity contribution in [3.8, 4) is 5.69 Å². The second kappa shape index (κ2) is 5.33. The summed E-state index contributed by atoms with van der Waals surface area (Å²) in [6.07, 6.45) is -4.48. The van der Waals surface area contributed by atoms with Gasteiger partial charge >= 0.3 is 6.18 Å². The lowest BCUT2D eigenvalue weighted by Gasteiger charge is -2.23. The topological polar surface area (TPSA) is 71.1 Å². The van der Waals surface area contributed by atoms with Crippen LogP contribution in [0, 0.1) is 0 Å². The number of aromatic nitrogens is 2. The Morgan fingerprint density at radius 2 is 1.60 bits per heavy atom. The Morgan fingerprint density at radius 1 is 0.920 bits per heavy atom. The summed E-state index contributed by atoms with van der Waals surface area (Å²) >= 11 is 0. The molecule has 4 rings (SSSR count). The Labute approximate surface area is 140 Å². The monoisotopic (exact) mass is 346 g/mol. The number of hydrogen-bond donors (Lipinski definition) is 3. The fraction of sp³-hybridized carbons (Fsp3) is 0.0625. The van der Waals surface area contributed by atoms with Gasteiger partial charge in [-0.25, -0.2) is 4.68 Å². The van der Waals surface area contributed by atoms with E-state index in [-0.39, 0.29) is 5.69 Å². The van der Waals surface area contributed by atoms with E-state index in [1.807, 2.05) is 30.3 Å². The van der Waals surface area contributed by atoms with Crippen molar-refractivity contribution >= 4 is 23.0 Å². The number of nitrogen functional groups attached to an aromatic ring is 1. The summed E-state index contributed by atoms with van der Waals surface area (Å²) < 4.78 is 41.1. The van der Waals surface area contributed by atoms with Gasteiger partial charge in [0.2, 0.25) is 0 Å². The van der Waals surface area contributed by atoms with E-state index in [0.29, 0.717) is 17.3 Å². The highest BCUT2D eigenvalue weighted by Crippen LogP contribution is 2.41. The maximum atomic E-state index is 13.2. The highest BCUT2D eigenvalue weighted by Gasteiger charge is 2.37. The second-order valence-corrected chi connectivity index (χ2v) is 5.43. The molecule has 0 bridgehead atoms. The maximum Gasteiger partial charge on any atom is 0.418 e. The molecule has 0 unspecified atom stereocenters. The number of nitrogens with two attached hydrogens (primary N) is 1. The summed E-state index contributed by atoms with van der Waals surface area (Å²) in [5, 5.41) is 5.48. The summed E-state index contributed by atoms with van der Waals surface area (Å²) in [6, 6.07) is 14.4. The van der Waals surface area contributed by atoms with Gasteiger partial charge in [-0.3, -0.25) is 10.9 Å². The number of fused-ring (bicyclic) bond motifs is 1. The average Bonchev–Trinajstić information content (AvgIpc) is 3.15. The fourth-order valence-electron chi connectivity index (χ4n) is 2.66. The van der Waals surface area contributed by atoms with Crippen molar-refractivity contribution in [2.75, 3.05) is 21.7 Å². The average molecular weight is 346 g/mol. The smallest absolute Gasteiger partial charge is 0.382 e. The van der Waals surface area contributed by atoms with Gasteiger partial charge in [0.05, 0.1) is 16.9 Å². The molecule has 4 N–H and O–H groups in total. The first-order valence-corrected chi connectivity index (χ1v) is 7.39. The molecule has 0 radical (unpaired) electrons. The number of para-hydroxylation sites is 2. The molecule has 0 fully saturated rings. The van der Waals surface area contributed by atoms with E-state index in [0.717, 1.165) is 16.9 Å². The van der Waals surface area contributed by atoms with Gasteiger partial charge in [-0.2, -0.15) is 18.3 Å². The lowest BCUT2D eigenvalue weighted by molar-refractivity contribution is -0.137. The maximum absolute atomic E-state index is 13.2. The predicted molar refractivity (Wildman–Crippen MR) is 89.1 cm³/mol. The lowest BCUT2D eigenvalue weighted by Crippen LogP contribution is -2.32. The molecular formula is C16H13F3N6. The van der Waals surface area contributed by atoms with Gasteiger partial charge in [0.25, 0.3) is 0 Å². The molecular weight excluding hydrogens is 333 g/mol. The van der Waals surface area contributed by atoms with Crippen LogP contribution < -0.4 is 21.7 Å². The van der Waals surface area contributed by atoms with Crippen LogP contribution in [0.5, 0.6) is 0 Å². The molecule has 128 valence electrons. The van der Waals surface area contributed by atoms with Crippen LogP contribution in [0.1, 0.15) is 5.56 Å². The Morgan fingerprint density at radius 3 is 2.28 bits per heavy atom. The number of nitrogens with zero attached hydrogens (tertiary/aromatic N) is 3. The van der Waals surface area contributed by atoms with Crippen LogP contribution in [-0.4, -0.2) is 9.78 Å². The van der Waals surface area contributed by atoms with Crippen molar-refractivity contribution in [3.05, 3.63) is 60.2 Å². The van der Waals surface area contributed by atoms with Gasteiger partial charge in [0, 0.05) is 0 Å². The van der Waals surface area contributed by atoms with E-state index < -0.39 is 11.7 Å². The Kier molecular flexibility index (Phi) is 3.24. The number of hydrazine groups is 2. The predicted octanol–water partition coefficient (Wildman–Crippen LogP) is 3.65. The molecule has 0 atom stereocenters. The van der Waals surface area contributed by atoms with Crippen LogP contribution in [0.4, 0.5) is 36.2 Å². The minimum Gasteiger partial charge on any atom is -0.382 e. The molecule has 0 spiro atoms. The van der Waals surface area contributed by atoms with Gasteiger partial charge in [-0.05, 0) is 24.3 Å². The van der Waals surface area contributed by atoms with E-state index in [9.17, 15) is 13.2 Å². The molecule has 0 amide bonds. The zero-order chi connectivity index (χ0) is 17.6. The van der Waals surface area contributed by atoms with Crippen LogP contribution in [0.15, 0.2) is 54.6 Å². The van der Waals surface area contributed by atoms with E-state index in [2.05, 4.69) is 16.0 Å². The standard InChI is InChI=1S/C16H13F3N6/c17-16(18,19)11-8-4-5-9-12(11)25-21-13-14(20)24(22-15(13)23-25)10-6-2-1-3-7-10/h1-9,21H,20H2,(H,22,23). The third kappa shape index (κ3) is 2.49. The molecule has 1 aliphatic heterocycles. The van der Waals surface area contributed by atoms with Gasteiger partial charge in [0.1, 0.15) is 5.69 Å². The number of rotatable bonds is 2. The third-order valence-electron chi connectivity index (χ3n) is 3.81. The quantitative estimate of drug-likeness (QED) is 0.661. The van der Waals surface area contributed by atoms with Gasteiger partial charge in [0.15, 0.2) is 11.6 Å². The van der Waals surface area contributed by atoms with Crippen LogP contribution in [-0.2, 0) is 6.18 Å². The highest BCUT2D eigenvalue weighted by atomic mass is 19.4. The van der Waals surface area contributed by atoms with E-state index in [4.69, 9.17) is 5.73 Å². The number of hydrogen-bond acceptors (Lipinski definition) is 5. The van der Waals surface area contributed by atoms with Crippen LogP contribution in [0.25, 0.3) is 5.69 Å². The SMILES string of the molecule is Nc1c2c(nn1-c1ccccc1)NN(c1ccccc1C(F)(F)F)N2. The first kappa shape index (κ1) is 15.2. The van der Waals surface area contributed by atoms with Crippen LogP contribution in [0.3, 0.4) is 0 Å². The molecule has 1 aliphatic rings. The first-order chi connectivity index (χ1) is 11.9. The van der Waals surface area contributed by atoms with E-state index >= 15 is 0 Å². The molecule has 0 aliphatic carbocycles. The second-order valence-electron chi connectivity index (χ2n) is 5.43. The van der Waals surface area contributed by atoms with Crippen molar-refractivity contribution in [2.45, 2.75) is 6.18 Å². The normalized spacial score (nSPS) is 13.3. The number of anilines is 4. The summed E-state index contributed by atoms with van der Waals surface area (Å²) in [5.74, 6) is 0.638. The van der Waals surface area contributed by atoms with Crippen molar-refractivity contribution in [3.63, 3.8) is 0 Å². The zero-order valence-electron chi connectivity index (χ0n) is 12.7. The summed E-state index contributed by atoms with van der Waals surface area (Å²) in [6.45, 7) is 0. The van der Waals surface area contributed by atoms with E-state index in [1.54, 1.807) is 0 Å². The van der Waals surface area contributed by atoms with E-state index in [1.165, 1.54) is 22.9 Å². The molecule has 1 aromatic heterocycles. The third-order valence-corrected chi connectivity index (χ3v) is 3.81. The Hall–Kier alpha value is -3.36. The molecule has 0 saturated carbocycles. The van der Waals surface area contributed by atoms with Gasteiger partial charge in [-0.15, -0.1) is 5.10 Å². The highest BCUT2D eigenvalue weighted by molar-refractivity contribution is 5.85. The van der Waals surface area contributed by atoms with Crippen molar-refractivity contribution in [1.82, 2.24) is 9.78 Å². The minimum atomic E-state index is -4.48. The van der Waals surface area contributed by atoms with Crippen LogP contribution in [0.2, 0.25) is 0 Å². The van der Waals surface area contributed by atoms with Gasteiger partial charge in [-0.1, -0.05) is 30.3 Å². The molecule has 25 heavy (non-hydrogen) atoms. The Bertz CT molecular complexity index is 919. The molecule has 2 aromatic carbocycles. The first-order valence-electron chi connectivity index (χ1n) is 7.39. The Balaban J connectivity index is 1.68. The number of alkyl halides is 3. The molecule has 0 saturated heterocycles. The molecule has 2 heterocycles. The molecule has 6 nitrogen and oxygen atoms in total. The fourth-order valence-corrected chi connectivity index (χ4v) is 2.66. The zero-order valence-corrected chi connectivity index (χ0v) is 12.7. The molecule has 9 heteroatoms. The lowest BCUT2D eigenvalue weighted by atomic mass is 10.2. The van der Waals surface area contributed by atoms with Crippen molar-refractivity contribution in [1.29, 1.82) is 0 Å². The number of benzene rings is 2. The van der Waals surface area contributed by atoms with Gasteiger partial charge < -0.3 is 5.73 Å². The number of halogens is 3. The van der Waals surface area contributed by atoms with Crippen molar-refractivity contribution < 1.29 is 13.2 Å². The van der Waals surface area contributed by atoms with Crippen LogP contribution >= 0.6 is 0 Å². The molecule has 3 aromatic rings. The largest absolute Gasteiger partial charge is 0.418 e. The summed E-state index contributed by atoms with van der Waals surface area (Å²) in [4.78, 5) is 0.